The Kier molecular flexibility index (Phi) is 5.19. The van der Waals surface area contributed by atoms with Gasteiger partial charge in [0.15, 0.2) is 0 Å². The Hall–Kier alpha value is -2.65. The standard InChI is InChI=1S/C19H26FN7O/c20-13-3-1-2-4-14(13)25-7-9-26(10-8-25)15-5-6-27(12-16(15)28)18-11-17(21)23-19(22)24-18/h1-4,11,15-16,28H,5-10,12H2,(H4,21,22,23,24)/t15-,16-/m1/s1. The minimum atomic E-state index is -0.508. The van der Waals surface area contributed by atoms with E-state index < -0.39 is 6.10 Å². The first-order chi connectivity index (χ1) is 13.5. The number of piperazine rings is 1. The molecule has 4 rings (SSSR count). The largest absolute Gasteiger partial charge is 0.390 e. The van der Waals surface area contributed by atoms with E-state index in [2.05, 4.69) is 19.8 Å². The van der Waals surface area contributed by atoms with Gasteiger partial charge in [0, 0.05) is 51.4 Å². The highest BCUT2D eigenvalue weighted by Crippen LogP contribution is 2.26. The number of halogens is 1. The maximum atomic E-state index is 14.0. The van der Waals surface area contributed by atoms with E-state index in [4.69, 9.17) is 11.5 Å². The van der Waals surface area contributed by atoms with E-state index in [9.17, 15) is 9.50 Å². The number of para-hydroxylation sites is 1. The molecule has 9 heteroatoms. The van der Waals surface area contributed by atoms with Crippen molar-refractivity contribution >= 4 is 23.3 Å². The Morgan fingerprint density at radius 2 is 1.75 bits per heavy atom. The van der Waals surface area contributed by atoms with Crippen molar-refractivity contribution in [3.05, 3.63) is 36.1 Å². The van der Waals surface area contributed by atoms with Crippen LogP contribution in [0.3, 0.4) is 0 Å². The normalized spacial score (nSPS) is 23.8. The van der Waals surface area contributed by atoms with Crippen LogP contribution < -0.4 is 21.3 Å². The molecule has 0 saturated carbocycles. The minimum Gasteiger partial charge on any atom is -0.390 e. The van der Waals surface area contributed by atoms with Crippen molar-refractivity contribution in [2.24, 2.45) is 0 Å². The molecule has 1 aromatic carbocycles. The molecule has 0 unspecified atom stereocenters. The minimum absolute atomic E-state index is 0.0792. The van der Waals surface area contributed by atoms with Gasteiger partial charge in [-0.3, -0.25) is 4.90 Å². The lowest BCUT2D eigenvalue weighted by molar-refractivity contribution is 0.0336. The molecule has 5 N–H and O–H groups in total. The summed E-state index contributed by atoms with van der Waals surface area (Å²) in [6, 6.07) is 8.63. The summed E-state index contributed by atoms with van der Waals surface area (Å²) >= 11 is 0. The van der Waals surface area contributed by atoms with Gasteiger partial charge in [-0.05, 0) is 18.6 Å². The summed E-state index contributed by atoms with van der Waals surface area (Å²) in [5.74, 6) is 0.916. The van der Waals surface area contributed by atoms with Gasteiger partial charge in [0.1, 0.15) is 17.5 Å². The topological polar surface area (TPSA) is 108 Å². The van der Waals surface area contributed by atoms with Crippen molar-refractivity contribution in [2.75, 3.05) is 60.5 Å². The summed E-state index contributed by atoms with van der Waals surface area (Å²) in [7, 11) is 0. The van der Waals surface area contributed by atoms with Gasteiger partial charge in [0.2, 0.25) is 5.95 Å². The van der Waals surface area contributed by atoms with Crippen LogP contribution in [0.1, 0.15) is 6.42 Å². The number of hydrogen-bond donors (Lipinski definition) is 3. The Morgan fingerprint density at radius 3 is 2.43 bits per heavy atom. The van der Waals surface area contributed by atoms with Crippen LogP contribution in [0.5, 0.6) is 0 Å². The van der Waals surface area contributed by atoms with Gasteiger partial charge in [0.25, 0.3) is 0 Å². The van der Waals surface area contributed by atoms with Gasteiger partial charge in [-0.25, -0.2) is 4.39 Å². The number of hydrogen-bond acceptors (Lipinski definition) is 8. The first kappa shape index (κ1) is 18.7. The summed E-state index contributed by atoms with van der Waals surface area (Å²) < 4.78 is 14.0. The second-order valence-electron chi connectivity index (χ2n) is 7.35. The van der Waals surface area contributed by atoms with Crippen LogP contribution in [0, 0.1) is 5.82 Å². The predicted octanol–water partition coefficient (Wildman–Crippen LogP) is 0.542. The van der Waals surface area contributed by atoms with Crippen LogP contribution in [0.4, 0.5) is 27.7 Å². The van der Waals surface area contributed by atoms with Gasteiger partial charge in [-0.1, -0.05) is 12.1 Å². The first-order valence-corrected chi connectivity index (χ1v) is 9.58. The number of aromatic nitrogens is 2. The molecule has 0 amide bonds. The lowest BCUT2D eigenvalue weighted by Crippen LogP contribution is -2.59. The number of β-amino-alcohol motifs (C(OH)–C–C–N with tert-alkyl or cyclic N) is 1. The molecule has 150 valence electrons. The van der Waals surface area contributed by atoms with Crippen LogP contribution in [0.25, 0.3) is 0 Å². The molecule has 2 aromatic rings. The van der Waals surface area contributed by atoms with E-state index in [0.29, 0.717) is 23.9 Å². The number of anilines is 4. The maximum absolute atomic E-state index is 14.0. The SMILES string of the molecule is Nc1cc(N2CC[C@@H](N3CCN(c4ccccc4F)CC3)[C@H](O)C2)nc(N)n1. The summed E-state index contributed by atoms with van der Waals surface area (Å²) in [6.07, 6.45) is 0.302. The van der Waals surface area contributed by atoms with E-state index in [-0.39, 0.29) is 17.8 Å². The van der Waals surface area contributed by atoms with Crippen LogP contribution in [-0.4, -0.2) is 71.4 Å². The van der Waals surface area contributed by atoms with Crippen molar-refractivity contribution in [3.63, 3.8) is 0 Å². The van der Waals surface area contributed by atoms with Crippen molar-refractivity contribution < 1.29 is 9.50 Å². The van der Waals surface area contributed by atoms with Crippen LogP contribution in [0.2, 0.25) is 0 Å². The quantitative estimate of drug-likeness (QED) is 0.701. The molecule has 0 bridgehead atoms. The number of rotatable bonds is 3. The van der Waals surface area contributed by atoms with Gasteiger partial charge in [-0.2, -0.15) is 9.97 Å². The number of aliphatic hydroxyl groups is 1. The number of nitrogen functional groups attached to an aromatic ring is 2. The fourth-order valence-corrected chi connectivity index (χ4v) is 4.19. The third-order valence-electron chi connectivity index (χ3n) is 5.60. The highest BCUT2D eigenvalue weighted by Gasteiger charge is 2.34. The Morgan fingerprint density at radius 1 is 1.00 bits per heavy atom. The van der Waals surface area contributed by atoms with Gasteiger partial charge >= 0.3 is 0 Å². The van der Waals surface area contributed by atoms with Gasteiger partial charge in [0.05, 0.1) is 11.8 Å². The zero-order chi connectivity index (χ0) is 19.7. The molecule has 8 nitrogen and oxygen atoms in total. The fourth-order valence-electron chi connectivity index (χ4n) is 4.19. The highest BCUT2D eigenvalue weighted by atomic mass is 19.1. The van der Waals surface area contributed by atoms with Gasteiger partial charge < -0.3 is 26.4 Å². The second-order valence-corrected chi connectivity index (χ2v) is 7.35. The van der Waals surface area contributed by atoms with Crippen LogP contribution in [-0.2, 0) is 0 Å². The average Bonchev–Trinajstić information content (AvgIpc) is 2.68. The Labute approximate surface area is 163 Å². The summed E-state index contributed by atoms with van der Waals surface area (Å²) in [6.45, 7) is 4.30. The lowest BCUT2D eigenvalue weighted by Gasteiger charge is -2.45. The number of piperidine rings is 1. The number of nitrogens with two attached hydrogens (primary N) is 2. The van der Waals surface area contributed by atoms with Crippen molar-refractivity contribution in [2.45, 2.75) is 18.6 Å². The molecular weight excluding hydrogens is 361 g/mol. The molecule has 2 atom stereocenters. The van der Waals surface area contributed by atoms with Crippen molar-refractivity contribution in [1.82, 2.24) is 14.9 Å². The lowest BCUT2D eigenvalue weighted by atomic mass is 9.99. The Bertz CT molecular complexity index is 807. The second kappa shape index (κ2) is 7.76. The molecule has 2 aliphatic rings. The summed E-state index contributed by atoms with van der Waals surface area (Å²) in [4.78, 5) is 14.5. The molecule has 2 saturated heterocycles. The maximum Gasteiger partial charge on any atom is 0.223 e. The monoisotopic (exact) mass is 387 g/mol. The molecule has 3 heterocycles. The summed E-state index contributed by atoms with van der Waals surface area (Å²) in [5.41, 5.74) is 12.1. The average molecular weight is 387 g/mol. The Balaban J connectivity index is 1.36. The molecule has 2 fully saturated rings. The predicted molar refractivity (Wildman–Crippen MR) is 108 cm³/mol. The van der Waals surface area contributed by atoms with Crippen molar-refractivity contribution in [1.29, 1.82) is 0 Å². The molecule has 1 aromatic heterocycles. The van der Waals surface area contributed by atoms with E-state index in [1.807, 2.05) is 17.0 Å². The van der Waals surface area contributed by atoms with Crippen LogP contribution in [0.15, 0.2) is 30.3 Å². The molecule has 28 heavy (non-hydrogen) atoms. The van der Waals surface area contributed by atoms with E-state index in [1.54, 1.807) is 12.1 Å². The zero-order valence-electron chi connectivity index (χ0n) is 15.7. The van der Waals surface area contributed by atoms with Gasteiger partial charge in [-0.15, -0.1) is 0 Å². The zero-order valence-corrected chi connectivity index (χ0v) is 15.7. The van der Waals surface area contributed by atoms with E-state index in [1.165, 1.54) is 6.07 Å². The third-order valence-corrected chi connectivity index (χ3v) is 5.60. The fraction of sp³-hybridized carbons (Fsp3) is 0.474. The van der Waals surface area contributed by atoms with E-state index >= 15 is 0 Å². The first-order valence-electron chi connectivity index (χ1n) is 9.58. The smallest absolute Gasteiger partial charge is 0.223 e. The van der Waals surface area contributed by atoms with Crippen molar-refractivity contribution in [3.8, 4) is 0 Å². The van der Waals surface area contributed by atoms with Crippen LogP contribution >= 0.6 is 0 Å². The summed E-state index contributed by atoms with van der Waals surface area (Å²) in [5, 5.41) is 10.8. The molecule has 2 aliphatic heterocycles. The van der Waals surface area contributed by atoms with E-state index in [0.717, 1.165) is 39.1 Å². The molecule has 0 aliphatic carbocycles. The molecular formula is C19H26FN7O. The number of aliphatic hydroxyl groups excluding tert-OH is 1. The highest BCUT2D eigenvalue weighted by molar-refractivity contribution is 5.51. The number of nitrogens with zero attached hydrogens (tertiary/aromatic N) is 5. The third kappa shape index (κ3) is 3.81. The molecule has 0 spiro atoms. The number of benzene rings is 1. The molecule has 0 radical (unpaired) electrons.